The standard InChI is InChI=1S/C22H29N3.3C2H6/c1-5-9-19(7-3)21-22(24-15-14-23-21)20-12-10-18(11-13-20)17-25(8-4)16-6-2;3*1-2/h5,7,9-15H,6,8,16-17H2,1-4H3;3*1-2H3/b9-5-,19-7+;;;. The molecule has 0 bridgehead atoms. The fourth-order valence-electron chi connectivity index (χ4n) is 2.94. The Morgan fingerprint density at radius 2 is 1.45 bits per heavy atom. The normalized spacial score (nSPS) is 10.5. The molecule has 3 nitrogen and oxygen atoms in total. The van der Waals surface area contributed by atoms with E-state index in [4.69, 9.17) is 0 Å². The van der Waals surface area contributed by atoms with Crippen LogP contribution in [0.15, 0.2) is 54.9 Å². The molecule has 0 aliphatic carbocycles. The van der Waals surface area contributed by atoms with Gasteiger partial charge in [0, 0.05) is 24.5 Å². The van der Waals surface area contributed by atoms with Crippen LogP contribution >= 0.6 is 0 Å². The summed E-state index contributed by atoms with van der Waals surface area (Å²) in [6.45, 7) is 23.7. The Balaban J connectivity index is 0. The first-order valence-corrected chi connectivity index (χ1v) is 12.2. The topological polar surface area (TPSA) is 29.0 Å². The Hall–Kier alpha value is -2.26. The predicted molar refractivity (Wildman–Crippen MR) is 141 cm³/mol. The van der Waals surface area contributed by atoms with Gasteiger partial charge < -0.3 is 0 Å². The van der Waals surface area contributed by atoms with Crippen LogP contribution in [0.4, 0.5) is 0 Å². The Kier molecular flexibility index (Phi) is 20.9. The molecule has 0 unspecified atom stereocenters. The van der Waals surface area contributed by atoms with E-state index < -0.39 is 0 Å². The van der Waals surface area contributed by atoms with Crippen LogP contribution in [0, 0.1) is 0 Å². The fourth-order valence-corrected chi connectivity index (χ4v) is 2.94. The summed E-state index contributed by atoms with van der Waals surface area (Å²) in [5.41, 5.74) is 5.39. The van der Waals surface area contributed by atoms with Gasteiger partial charge in [-0.05, 0) is 44.5 Å². The van der Waals surface area contributed by atoms with E-state index in [1.165, 1.54) is 12.0 Å². The number of nitrogens with zero attached hydrogens (tertiary/aromatic N) is 3. The van der Waals surface area contributed by atoms with E-state index >= 15 is 0 Å². The molecule has 0 aliphatic heterocycles. The van der Waals surface area contributed by atoms with Crippen LogP contribution < -0.4 is 0 Å². The van der Waals surface area contributed by atoms with E-state index in [9.17, 15) is 0 Å². The second-order valence-corrected chi connectivity index (χ2v) is 6.06. The number of aromatic nitrogens is 2. The lowest BCUT2D eigenvalue weighted by atomic mass is 10.0. The van der Waals surface area contributed by atoms with Crippen molar-refractivity contribution in [1.29, 1.82) is 0 Å². The highest BCUT2D eigenvalue weighted by Gasteiger charge is 2.10. The van der Waals surface area contributed by atoms with Crippen molar-refractivity contribution in [2.24, 2.45) is 0 Å². The molecule has 0 amide bonds. The van der Waals surface area contributed by atoms with Gasteiger partial charge in [-0.3, -0.25) is 14.9 Å². The first-order valence-electron chi connectivity index (χ1n) is 12.2. The Labute approximate surface area is 193 Å². The zero-order valence-electron chi connectivity index (χ0n) is 21.9. The molecule has 0 N–H and O–H groups in total. The van der Waals surface area contributed by atoms with Gasteiger partial charge in [0.05, 0.1) is 11.4 Å². The lowest BCUT2D eigenvalue weighted by molar-refractivity contribution is 0.280. The average Bonchev–Trinajstić information content (AvgIpc) is 2.86. The largest absolute Gasteiger partial charge is 0.299 e. The number of allylic oxidation sites excluding steroid dienone is 4. The second-order valence-electron chi connectivity index (χ2n) is 6.06. The number of hydrogen-bond acceptors (Lipinski definition) is 3. The van der Waals surface area contributed by atoms with Crippen LogP contribution in [-0.2, 0) is 6.54 Å². The van der Waals surface area contributed by atoms with Gasteiger partial charge in [-0.15, -0.1) is 0 Å². The van der Waals surface area contributed by atoms with Crippen molar-refractivity contribution in [2.45, 2.75) is 82.2 Å². The Morgan fingerprint density at radius 3 is 1.94 bits per heavy atom. The molecule has 1 heterocycles. The van der Waals surface area contributed by atoms with Gasteiger partial charge >= 0.3 is 0 Å². The van der Waals surface area contributed by atoms with Gasteiger partial charge in [0.15, 0.2) is 0 Å². The molecule has 0 spiro atoms. The summed E-state index contributed by atoms with van der Waals surface area (Å²) in [4.78, 5) is 11.6. The lowest BCUT2D eigenvalue weighted by Gasteiger charge is -2.19. The molecule has 2 rings (SSSR count). The summed E-state index contributed by atoms with van der Waals surface area (Å²) in [6.07, 6.45) is 10.9. The molecule has 0 atom stereocenters. The first-order chi connectivity index (χ1) is 15.2. The maximum Gasteiger partial charge on any atom is 0.0965 e. The molecular formula is C28H47N3. The minimum absolute atomic E-state index is 0.928. The SMILES string of the molecule is C/C=C\C(=C/C)c1nccnc1-c1ccc(CN(CC)CCC)cc1.CC.CC.CC. The smallest absolute Gasteiger partial charge is 0.0965 e. The summed E-state index contributed by atoms with van der Waals surface area (Å²) in [7, 11) is 0. The molecule has 1 aromatic heterocycles. The van der Waals surface area contributed by atoms with E-state index in [0.717, 1.165) is 42.2 Å². The van der Waals surface area contributed by atoms with Gasteiger partial charge in [-0.1, -0.05) is 97.9 Å². The van der Waals surface area contributed by atoms with Crippen LogP contribution in [0.25, 0.3) is 16.8 Å². The number of benzene rings is 1. The molecular weight excluding hydrogens is 378 g/mol. The molecule has 2 aromatic rings. The third-order valence-electron chi connectivity index (χ3n) is 4.25. The molecule has 0 fully saturated rings. The molecule has 31 heavy (non-hydrogen) atoms. The molecule has 1 aromatic carbocycles. The zero-order valence-corrected chi connectivity index (χ0v) is 21.9. The van der Waals surface area contributed by atoms with E-state index in [1.54, 1.807) is 12.4 Å². The fraction of sp³-hybridized carbons (Fsp3) is 0.500. The van der Waals surface area contributed by atoms with Crippen molar-refractivity contribution >= 4 is 5.57 Å². The molecule has 0 radical (unpaired) electrons. The van der Waals surface area contributed by atoms with Gasteiger partial charge in [0.1, 0.15) is 0 Å². The van der Waals surface area contributed by atoms with Crippen LogP contribution in [0.5, 0.6) is 0 Å². The van der Waals surface area contributed by atoms with Crippen LogP contribution in [-0.4, -0.2) is 28.0 Å². The summed E-state index contributed by atoms with van der Waals surface area (Å²) in [5, 5.41) is 0. The molecule has 0 aliphatic rings. The van der Waals surface area contributed by atoms with Crippen molar-refractivity contribution in [3.05, 3.63) is 66.1 Å². The average molecular weight is 426 g/mol. The monoisotopic (exact) mass is 425 g/mol. The highest BCUT2D eigenvalue weighted by molar-refractivity contribution is 5.81. The van der Waals surface area contributed by atoms with Crippen LogP contribution in [0.2, 0.25) is 0 Å². The second kappa shape index (κ2) is 21.0. The minimum Gasteiger partial charge on any atom is -0.299 e. The summed E-state index contributed by atoms with van der Waals surface area (Å²) in [5.74, 6) is 0. The van der Waals surface area contributed by atoms with E-state index in [1.807, 2.05) is 61.5 Å². The van der Waals surface area contributed by atoms with Gasteiger partial charge in [0.2, 0.25) is 0 Å². The maximum absolute atomic E-state index is 4.59. The highest BCUT2D eigenvalue weighted by atomic mass is 15.1. The molecule has 174 valence electrons. The van der Waals surface area contributed by atoms with E-state index in [0.29, 0.717) is 0 Å². The maximum atomic E-state index is 4.59. The van der Waals surface area contributed by atoms with Gasteiger partial charge in [-0.25, -0.2) is 0 Å². The molecule has 0 saturated heterocycles. The third kappa shape index (κ3) is 11.1. The van der Waals surface area contributed by atoms with E-state index in [-0.39, 0.29) is 0 Å². The van der Waals surface area contributed by atoms with Crippen LogP contribution in [0.1, 0.15) is 86.9 Å². The van der Waals surface area contributed by atoms with Gasteiger partial charge in [0.25, 0.3) is 0 Å². The number of rotatable bonds is 8. The summed E-state index contributed by atoms with van der Waals surface area (Å²) >= 11 is 0. The highest BCUT2D eigenvalue weighted by Crippen LogP contribution is 2.26. The van der Waals surface area contributed by atoms with Crippen LogP contribution in [0.3, 0.4) is 0 Å². The van der Waals surface area contributed by atoms with Gasteiger partial charge in [-0.2, -0.15) is 0 Å². The Morgan fingerprint density at radius 1 is 0.871 bits per heavy atom. The number of hydrogen-bond donors (Lipinski definition) is 0. The third-order valence-corrected chi connectivity index (χ3v) is 4.25. The van der Waals surface area contributed by atoms with Crippen molar-refractivity contribution in [3.8, 4) is 11.3 Å². The predicted octanol–water partition coefficient (Wildman–Crippen LogP) is 8.43. The quantitative estimate of drug-likeness (QED) is 0.397. The first kappa shape index (κ1) is 30.9. The van der Waals surface area contributed by atoms with Crippen molar-refractivity contribution < 1.29 is 0 Å². The zero-order chi connectivity index (χ0) is 24.1. The lowest BCUT2D eigenvalue weighted by Crippen LogP contribution is -2.23. The van der Waals surface area contributed by atoms with Crippen molar-refractivity contribution in [3.63, 3.8) is 0 Å². The Bertz CT molecular complexity index is 715. The van der Waals surface area contributed by atoms with Crippen molar-refractivity contribution in [2.75, 3.05) is 13.1 Å². The minimum atomic E-state index is 0.928. The van der Waals surface area contributed by atoms with E-state index in [2.05, 4.69) is 65.1 Å². The molecule has 0 saturated carbocycles. The summed E-state index contributed by atoms with van der Waals surface area (Å²) < 4.78 is 0. The molecule has 3 heteroatoms. The summed E-state index contributed by atoms with van der Waals surface area (Å²) in [6, 6.07) is 8.73. The van der Waals surface area contributed by atoms with Crippen molar-refractivity contribution in [1.82, 2.24) is 14.9 Å².